The van der Waals surface area contributed by atoms with E-state index in [1.54, 1.807) is 48.5 Å². The second-order valence-electron chi connectivity index (χ2n) is 15.3. The van der Waals surface area contributed by atoms with Gasteiger partial charge in [0, 0.05) is 21.2 Å². The summed E-state index contributed by atoms with van der Waals surface area (Å²) < 4.78 is 173. The summed E-state index contributed by atoms with van der Waals surface area (Å²) in [6.45, 7) is 12.8. The average molecular weight is 636 g/mol. The quantitative estimate of drug-likeness (QED) is 0.175. The Morgan fingerprint density at radius 2 is 1.32 bits per heavy atom. The molecule has 5 aromatic carbocycles. The van der Waals surface area contributed by atoms with Crippen molar-refractivity contribution in [2.24, 2.45) is 0 Å². The van der Waals surface area contributed by atoms with Gasteiger partial charge >= 0.3 is 0 Å². The third-order valence-corrected chi connectivity index (χ3v) is 8.52. The van der Waals surface area contributed by atoms with Gasteiger partial charge in [-0.25, -0.2) is 0 Å². The standard InChI is InChI=1S/C44H48BNO/c1-27-14-12-13-15-33(27)29-23-38-41-40(24-29)47-39-21-17-31(43(6,7)8)26-36(39)45(41)35-25-30(42(3,4)5)16-20-37(35)46(38)32-18-19-34(28(2)22-32)44(9,10)11/h12-26H,1-11H3/i1D3,12D,13D,14D,15D,16D,17D,18D,19D,20D,21D,22D,23D,24D,25D,26D. The monoisotopic (exact) mass is 635 g/mol. The molecule has 5 aromatic rings. The van der Waals surface area contributed by atoms with Gasteiger partial charge in [0.25, 0.3) is 6.71 Å². The maximum absolute atomic E-state index is 10.2. The zero-order valence-corrected chi connectivity index (χ0v) is 28.4. The van der Waals surface area contributed by atoms with Crippen molar-refractivity contribution in [3.05, 3.63) is 118 Å². The van der Waals surface area contributed by atoms with E-state index in [2.05, 4.69) is 0 Å². The van der Waals surface area contributed by atoms with Crippen LogP contribution in [0.2, 0.25) is 0 Å². The minimum absolute atomic E-state index is 0.0648. The number of rotatable bonds is 2. The largest absolute Gasteiger partial charge is 0.458 e. The molecule has 2 aliphatic heterocycles. The fraction of sp³-hybridized carbons (Fsp3) is 0.318. The molecule has 0 aromatic heterocycles. The van der Waals surface area contributed by atoms with E-state index in [0.29, 0.717) is 5.56 Å². The minimum Gasteiger partial charge on any atom is -0.458 e. The topological polar surface area (TPSA) is 12.5 Å². The molecule has 0 unspecified atom stereocenters. The molecular weight excluding hydrogens is 569 g/mol. The van der Waals surface area contributed by atoms with Crippen LogP contribution in [0.1, 0.15) is 115 Å². The third-order valence-electron chi connectivity index (χ3n) is 8.52. The highest BCUT2D eigenvalue weighted by atomic mass is 16.5. The van der Waals surface area contributed by atoms with Crippen LogP contribution in [-0.4, -0.2) is 6.71 Å². The Labute approximate surface area is 308 Å². The van der Waals surface area contributed by atoms with Gasteiger partial charge in [-0.1, -0.05) is 117 Å². The molecule has 0 saturated carbocycles. The summed E-state index contributed by atoms with van der Waals surface area (Å²) in [6.07, 6.45) is 0. The lowest BCUT2D eigenvalue weighted by Crippen LogP contribution is -2.60. The summed E-state index contributed by atoms with van der Waals surface area (Å²) in [5, 5.41) is 0. The minimum atomic E-state index is -3.27. The molecule has 0 spiro atoms. The first-order valence-corrected chi connectivity index (χ1v) is 15.7. The second-order valence-corrected chi connectivity index (χ2v) is 15.3. The Hall–Kier alpha value is -4.24. The number of benzene rings is 5. The van der Waals surface area contributed by atoms with Gasteiger partial charge in [-0.3, -0.25) is 0 Å². The van der Waals surface area contributed by atoms with Crippen LogP contribution in [0.5, 0.6) is 11.5 Å². The fourth-order valence-corrected chi connectivity index (χ4v) is 6.12. The second kappa shape index (κ2) is 10.6. The van der Waals surface area contributed by atoms with Crippen molar-refractivity contribution in [3.63, 3.8) is 0 Å². The van der Waals surface area contributed by atoms with Crippen LogP contribution in [0.15, 0.2) is 90.6 Å². The Balaban J connectivity index is 1.87. The van der Waals surface area contributed by atoms with Crippen LogP contribution in [0.4, 0.5) is 17.1 Å². The molecule has 2 nitrogen and oxygen atoms in total. The van der Waals surface area contributed by atoms with E-state index in [4.69, 9.17) is 15.7 Å². The van der Waals surface area contributed by atoms with Crippen LogP contribution in [0.25, 0.3) is 11.1 Å². The number of fused-ring (bicyclic) bond motifs is 4. The van der Waals surface area contributed by atoms with Crippen molar-refractivity contribution in [1.29, 1.82) is 0 Å². The van der Waals surface area contributed by atoms with Gasteiger partial charge in [-0.15, -0.1) is 0 Å². The molecule has 47 heavy (non-hydrogen) atoms. The lowest BCUT2D eigenvalue weighted by molar-refractivity contribution is 0.486. The highest BCUT2D eigenvalue weighted by Crippen LogP contribution is 2.45. The molecule has 0 bridgehead atoms. The maximum Gasteiger partial charge on any atom is 0.256 e. The van der Waals surface area contributed by atoms with Crippen LogP contribution in [0, 0.1) is 13.8 Å². The predicted molar refractivity (Wildman–Crippen MR) is 203 cm³/mol. The summed E-state index contributed by atoms with van der Waals surface area (Å²) in [5.41, 5.74) is -5.58. The predicted octanol–water partition coefficient (Wildman–Crippen LogP) is 10.3. The number of ether oxygens (including phenoxy) is 1. The molecule has 0 fully saturated rings. The highest BCUT2D eigenvalue weighted by Gasteiger charge is 2.43. The van der Waals surface area contributed by atoms with E-state index >= 15 is 0 Å². The SMILES string of the molecule is [2H]c1c([2H])c([2H])c(C([2H])([2H])[2H])c(-c2c([2H])c3c4c(c2[2H])N(c2c([2H])c([2H])c(C(C)(C)C)c(C)c2[2H])c2c([2H])c([2H])c(C(C)(C)C)c([2H])c2B4c2c([2H])c(C(C)(C)C)c([2H])c([2H])c2O3)c1[2H]. The van der Waals surface area contributed by atoms with Gasteiger partial charge in [0.05, 0.1) is 20.6 Å². The summed E-state index contributed by atoms with van der Waals surface area (Å²) in [5.74, 6) is -0.886. The highest BCUT2D eigenvalue weighted by molar-refractivity contribution is 6.99. The number of anilines is 3. The molecule has 0 amide bonds. The van der Waals surface area contributed by atoms with E-state index < -0.39 is 124 Å². The molecule has 3 heteroatoms. The van der Waals surface area contributed by atoms with Gasteiger partial charge < -0.3 is 9.64 Å². The molecule has 0 N–H and O–H groups in total. The van der Waals surface area contributed by atoms with Crippen molar-refractivity contribution in [1.82, 2.24) is 0 Å². The molecule has 0 radical (unpaired) electrons. The maximum atomic E-state index is 10.2. The summed E-state index contributed by atoms with van der Waals surface area (Å²) in [6, 6.07) is -8.87. The zero-order chi connectivity index (χ0) is 49.2. The normalized spacial score (nSPS) is 19.6. The van der Waals surface area contributed by atoms with Gasteiger partial charge in [0.1, 0.15) is 11.5 Å². The molecule has 238 valence electrons. The lowest BCUT2D eigenvalue weighted by atomic mass is 9.33. The van der Waals surface area contributed by atoms with Crippen molar-refractivity contribution < 1.29 is 29.4 Å². The van der Waals surface area contributed by atoms with Gasteiger partial charge in [0.2, 0.25) is 0 Å². The number of nitrogens with zero attached hydrogens (tertiary/aromatic N) is 1. The smallest absolute Gasteiger partial charge is 0.256 e. The first-order valence-electron chi connectivity index (χ1n) is 24.7. The summed E-state index contributed by atoms with van der Waals surface area (Å²) in [4.78, 5) is 1.12. The zero-order valence-electron chi connectivity index (χ0n) is 46.4. The third kappa shape index (κ3) is 5.29. The van der Waals surface area contributed by atoms with Gasteiger partial charge in [0.15, 0.2) is 0 Å². The average Bonchev–Trinajstić information content (AvgIpc) is 3.16. The van der Waals surface area contributed by atoms with E-state index in [1.165, 1.54) is 0 Å². The van der Waals surface area contributed by atoms with Gasteiger partial charge in [-0.2, -0.15) is 0 Å². The molecule has 2 aliphatic rings. The van der Waals surface area contributed by atoms with Crippen LogP contribution in [0.3, 0.4) is 0 Å². The first-order chi connectivity index (χ1) is 29.5. The Kier molecular flexibility index (Phi) is 3.79. The van der Waals surface area contributed by atoms with Crippen LogP contribution < -0.4 is 26.0 Å². The van der Waals surface area contributed by atoms with Crippen molar-refractivity contribution in [2.45, 2.75) is 92.3 Å². The van der Waals surface area contributed by atoms with Crippen molar-refractivity contribution in [2.75, 3.05) is 4.90 Å². The molecule has 2 heterocycles. The molecule has 0 aliphatic carbocycles. The summed E-state index contributed by atoms with van der Waals surface area (Å²) in [7, 11) is 0. The van der Waals surface area contributed by atoms with Crippen LogP contribution >= 0.6 is 0 Å². The fourth-order valence-electron chi connectivity index (χ4n) is 6.12. The Morgan fingerprint density at radius 3 is 2.00 bits per heavy atom. The molecule has 0 atom stereocenters. The lowest BCUT2D eigenvalue weighted by Gasteiger charge is -2.41. The summed E-state index contributed by atoms with van der Waals surface area (Å²) >= 11 is 0. The Bertz CT molecular complexity index is 2950. The Morgan fingerprint density at radius 1 is 0.638 bits per heavy atom. The van der Waals surface area contributed by atoms with E-state index in [1.807, 2.05) is 20.8 Å². The molecule has 7 rings (SSSR count). The number of hydrogen-bond acceptors (Lipinski definition) is 2. The van der Waals surface area contributed by atoms with E-state index in [0.717, 1.165) is 4.90 Å². The van der Waals surface area contributed by atoms with Gasteiger partial charge in [-0.05, 0) is 122 Å². The van der Waals surface area contributed by atoms with Crippen LogP contribution in [-0.2, 0) is 16.2 Å². The van der Waals surface area contributed by atoms with E-state index in [9.17, 15) is 13.7 Å². The molecule has 0 saturated heterocycles. The van der Waals surface area contributed by atoms with Crippen molar-refractivity contribution in [3.8, 4) is 22.6 Å². The first kappa shape index (κ1) is 16.7. The van der Waals surface area contributed by atoms with E-state index in [-0.39, 0.29) is 74.7 Å². The molecular formula is C44H48BNO. The van der Waals surface area contributed by atoms with Crippen molar-refractivity contribution >= 4 is 40.2 Å². The number of hydrogen-bond donors (Lipinski definition) is 0.